The quantitative estimate of drug-likeness (QED) is 0.392. The van der Waals surface area contributed by atoms with Crippen molar-refractivity contribution in [1.82, 2.24) is 10.4 Å². The number of nitrogens with zero attached hydrogens (tertiary/aromatic N) is 1. The van der Waals surface area contributed by atoms with Crippen molar-refractivity contribution in [1.29, 1.82) is 0 Å². The van der Waals surface area contributed by atoms with Crippen molar-refractivity contribution >= 4 is 29.5 Å². The number of amides is 2. The van der Waals surface area contributed by atoms with Gasteiger partial charge in [0.1, 0.15) is 17.2 Å². The third kappa shape index (κ3) is 4.43. The van der Waals surface area contributed by atoms with Crippen LogP contribution < -0.4 is 5.48 Å². The summed E-state index contributed by atoms with van der Waals surface area (Å²) < 4.78 is 5.04. The third-order valence-electron chi connectivity index (χ3n) is 3.74. The van der Waals surface area contributed by atoms with Gasteiger partial charge in [0.05, 0.1) is 6.61 Å². The number of rotatable bonds is 6. The fourth-order valence-corrected chi connectivity index (χ4v) is 4.04. The second-order valence-corrected chi connectivity index (χ2v) is 6.46. The number of hydrogen-bond acceptors (Lipinski definition) is 7. The Morgan fingerprint density at radius 2 is 2.04 bits per heavy atom. The molecule has 1 saturated heterocycles. The fourth-order valence-electron chi connectivity index (χ4n) is 2.57. The molecule has 2 rings (SSSR count). The summed E-state index contributed by atoms with van der Waals surface area (Å²) in [5.74, 6) is -1.29. The second-order valence-electron chi connectivity index (χ2n) is 5.35. The summed E-state index contributed by atoms with van der Waals surface area (Å²) in [7, 11) is 0. The number of hydroxylamine groups is 1. The van der Waals surface area contributed by atoms with Crippen LogP contribution in [0.2, 0.25) is 0 Å². The molecule has 0 aliphatic carbocycles. The molecule has 1 aliphatic heterocycles. The van der Waals surface area contributed by atoms with E-state index < -0.39 is 29.2 Å². The lowest BCUT2D eigenvalue weighted by molar-refractivity contribution is -0.154. The van der Waals surface area contributed by atoms with E-state index in [2.05, 4.69) is 0 Å². The Hall–Kier alpha value is -2.26. The minimum atomic E-state index is -0.792. The standard InChI is InChI=1S/C16H20N2O6S/c1-2-24-16(22)11-9-25-15(10-5-3-4-6-12(10)19)18(11)14(21)8-7-13(20)17-23/h3-6,11,15,19,23H,2,7-9H2,1H3,(H,17,20)/t11-,15?/m0/s1. The Balaban J connectivity index is 2.26. The van der Waals surface area contributed by atoms with Crippen molar-refractivity contribution in [2.75, 3.05) is 12.4 Å². The number of nitrogens with one attached hydrogen (secondary N) is 1. The van der Waals surface area contributed by atoms with Gasteiger partial charge in [0.2, 0.25) is 11.8 Å². The van der Waals surface area contributed by atoms with E-state index in [0.29, 0.717) is 11.3 Å². The highest BCUT2D eigenvalue weighted by Gasteiger charge is 2.43. The van der Waals surface area contributed by atoms with Gasteiger partial charge in [-0.3, -0.25) is 14.8 Å². The average Bonchev–Trinajstić information content (AvgIpc) is 3.04. The predicted molar refractivity (Wildman–Crippen MR) is 89.7 cm³/mol. The van der Waals surface area contributed by atoms with E-state index in [9.17, 15) is 19.5 Å². The van der Waals surface area contributed by atoms with E-state index in [-0.39, 0.29) is 25.2 Å². The molecule has 1 unspecified atom stereocenters. The molecule has 9 heteroatoms. The molecule has 0 bridgehead atoms. The van der Waals surface area contributed by atoms with Crippen LogP contribution in [0.5, 0.6) is 5.75 Å². The molecule has 1 aromatic carbocycles. The fraction of sp³-hybridized carbons (Fsp3) is 0.438. The molecule has 1 heterocycles. The summed E-state index contributed by atoms with van der Waals surface area (Å²) in [5.41, 5.74) is 1.98. The Morgan fingerprint density at radius 3 is 2.68 bits per heavy atom. The lowest BCUT2D eigenvalue weighted by Crippen LogP contribution is -2.44. The van der Waals surface area contributed by atoms with Gasteiger partial charge in [0.25, 0.3) is 0 Å². The van der Waals surface area contributed by atoms with Gasteiger partial charge in [-0.15, -0.1) is 11.8 Å². The first-order chi connectivity index (χ1) is 12.0. The molecule has 2 atom stereocenters. The van der Waals surface area contributed by atoms with Crippen LogP contribution in [0, 0.1) is 0 Å². The number of ether oxygens (including phenoxy) is 1. The summed E-state index contributed by atoms with van der Waals surface area (Å²) in [6.45, 7) is 1.87. The second kappa shape index (κ2) is 8.72. The van der Waals surface area contributed by atoms with Crippen LogP contribution >= 0.6 is 11.8 Å². The number of phenolic OH excluding ortho intramolecular Hbond substituents is 1. The normalized spacial score (nSPS) is 19.5. The Labute approximate surface area is 149 Å². The molecule has 1 fully saturated rings. The van der Waals surface area contributed by atoms with Gasteiger partial charge >= 0.3 is 5.97 Å². The average molecular weight is 368 g/mol. The monoisotopic (exact) mass is 368 g/mol. The van der Waals surface area contributed by atoms with Crippen molar-refractivity contribution in [2.24, 2.45) is 0 Å². The molecule has 1 aromatic rings. The molecule has 25 heavy (non-hydrogen) atoms. The van der Waals surface area contributed by atoms with Gasteiger partial charge in [-0.1, -0.05) is 18.2 Å². The van der Waals surface area contributed by atoms with Crippen molar-refractivity contribution in [3.63, 3.8) is 0 Å². The molecule has 136 valence electrons. The van der Waals surface area contributed by atoms with Crippen LogP contribution in [0.15, 0.2) is 24.3 Å². The molecule has 2 amide bonds. The summed E-state index contributed by atoms with van der Waals surface area (Å²) >= 11 is 1.34. The Bertz CT molecular complexity index is 653. The van der Waals surface area contributed by atoms with Gasteiger partial charge in [-0.2, -0.15) is 0 Å². The number of aromatic hydroxyl groups is 1. The summed E-state index contributed by atoms with van der Waals surface area (Å²) in [6.07, 6.45) is -0.382. The minimum Gasteiger partial charge on any atom is -0.508 e. The zero-order chi connectivity index (χ0) is 18.4. The maximum Gasteiger partial charge on any atom is 0.329 e. The van der Waals surface area contributed by atoms with E-state index in [1.165, 1.54) is 28.2 Å². The van der Waals surface area contributed by atoms with Gasteiger partial charge in [0.15, 0.2) is 0 Å². The molecule has 3 N–H and O–H groups in total. The predicted octanol–water partition coefficient (Wildman–Crippen LogP) is 1.18. The van der Waals surface area contributed by atoms with E-state index in [0.717, 1.165) is 0 Å². The number of para-hydroxylation sites is 1. The zero-order valence-corrected chi connectivity index (χ0v) is 14.5. The first-order valence-corrected chi connectivity index (χ1v) is 8.84. The SMILES string of the molecule is CCOC(=O)[C@@H]1CSC(c2ccccc2O)N1C(=O)CCC(=O)NO. The molecule has 0 spiro atoms. The molecule has 0 aromatic heterocycles. The molecular weight excluding hydrogens is 348 g/mol. The largest absolute Gasteiger partial charge is 0.508 e. The Kier molecular flexibility index (Phi) is 6.65. The topological polar surface area (TPSA) is 116 Å². The number of phenols is 1. The molecule has 0 saturated carbocycles. The highest BCUT2D eigenvalue weighted by atomic mass is 32.2. The van der Waals surface area contributed by atoms with Crippen molar-refractivity contribution < 1.29 is 29.4 Å². The first-order valence-electron chi connectivity index (χ1n) is 7.79. The van der Waals surface area contributed by atoms with Crippen LogP contribution in [0.1, 0.15) is 30.7 Å². The van der Waals surface area contributed by atoms with Crippen molar-refractivity contribution in [3.8, 4) is 5.75 Å². The van der Waals surface area contributed by atoms with E-state index in [1.807, 2.05) is 0 Å². The summed E-state index contributed by atoms with van der Waals surface area (Å²) in [5, 5.41) is 18.1. The lowest BCUT2D eigenvalue weighted by Gasteiger charge is -2.28. The van der Waals surface area contributed by atoms with E-state index in [1.54, 1.807) is 25.1 Å². The molecular formula is C16H20N2O6S. The van der Waals surface area contributed by atoms with Gasteiger partial charge in [0, 0.05) is 24.2 Å². The number of hydrogen-bond donors (Lipinski definition) is 3. The number of benzene rings is 1. The number of thioether (sulfide) groups is 1. The lowest BCUT2D eigenvalue weighted by atomic mass is 10.1. The van der Waals surface area contributed by atoms with Gasteiger partial charge in [-0.25, -0.2) is 10.3 Å². The molecule has 1 aliphatic rings. The molecule has 0 radical (unpaired) electrons. The van der Waals surface area contributed by atoms with E-state index >= 15 is 0 Å². The summed E-state index contributed by atoms with van der Waals surface area (Å²) in [6, 6.07) is 5.80. The Morgan fingerprint density at radius 1 is 1.32 bits per heavy atom. The summed E-state index contributed by atoms with van der Waals surface area (Å²) in [4.78, 5) is 37.4. The van der Waals surface area contributed by atoms with Crippen LogP contribution in [0.25, 0.3) is 0 Å². The third-order valence-corrected chi connectivity index (χ3v) is 5.05. The van der Waals surface area contributed by atoms with Crippen LogP contribution in [0.3, 0.4) is 0 Å². The highest BCUT2D eigenvalue weighted by Crippen LogP contribution is 2.44. The number of esters is 1. The van der Waals surface area contributed by atoms with Gasteiger partial charge in [-0.05, 0) is 13.0 Å². The smallest absolute Gasteiger partial charge is 0.329 e. The number of carbonyl (C=O) groups excluding carboxylic acids is 3. The van der Waals surface area contributed by atoms with Crippen LogP contribution in [0.4, 0.5) is 0 Å². The van der Waals surface area contributed by atoms with Crippen molar-refractivity contribution in [2.45, 2.75) is 31.2 Å². The zero-order valence-electron chi connectivity index (χ0n) is 13.7. The maximum absolute atomic E-state index is 12.6. The van der Waals surface area contributed by atoms with E-state index in [4.69, 9.17) is 9.94 Å². The molecule has 8 nitrogen and oxygen atoms in total. The first kappa shape index (κ1) is 19.1. The highest BCUT2D eigenvalue weighted by molar-refractivity contribution is 7.99. The minimum absolute atomic E-state index is 0.0235. The van der Waals surface area contributed by atoms with Crippen molar-refractivity contribution in [3.05, 3.63) is 29.8 Å². The van der Waals surface area contributed by atoms with Gasteiger partial charge < -0.3 is 14.7 Å². The van der Waals surface area contributed by atoms with Crippen LogP contribution in [-0.4, -0.2) is 51.4 Å². The maximum atomic E-state index is 12.6. The number of carbonyl (C=O) groups is 3. The van der Waals surface area contributed by atoms with Crippen LogP contribution in [-0.2, 0) is 19.1 Å².